The molecule has 1 amide bonds. The molecule has 0 bridgehead atoms. The van der Waals surface area contributed by atoms with E-state index in [0.29, 0.717) is 6.04 Å². The van der Waals surface area contributed by atoms with Gasteiger partial charge in [0.2, 0.25) is 5.91 Å². The van der Waals surface area contributed by atoms with Crippen LogP contribution >= 0.6 is 0 Å². The number of nitrogens with two attached hydrogens (primary N) is 1. The van der Waals surface area contributed by atoms with Gasteiger partial charge in [0.25, 0.3) is 0 Å². The lowest BCUT2D eigenvalue weighted by Gasteiger charge is -2.41. The van der Waals surface area contributed by atoms with E-state index in [4.69, 9.17) is 5.73 Å². The molecule has 2 aliphatic rings. The van der Waals surface area contributed by atoms with Crippen LogP contribution in [0.1, 0.15) is 51.5 Å². The minimum Gasteiger partial charge on any atom is -0.342 e. The van der Waals surface area contributed by atoms with Crippen molar-refractivity contribution >= 4 is 5.91 Å². The van der Waals surface area contributed by atoms with Gasteiger partial charge < -0.3 is 10.6 Å². The molecule has 116 valence electrons. The van der Waals surface area contributed by atoms with Crippen LogP contribution in [0.2, 0.25) is 0 Å². The van der Waals surface area contributed by atoms with E-state index in [1.807, 2.05) is 16.5 Å². The van der Waals surface area contributed by atoms with Gasteiger partial charge in [0.1, 0.15) is 12.7 Å². The van der Waals surface area contributed by atoms with Crippen LogP contribution in [0, 0.1) is 5.92 Å². The summed E-state index contributed by atoms with van der Waals surface area (Å²) in [6.45, 7) is 3.64. The van der Waals surface area contributed by atoms with Crippen molar-refractivity contribution in [3.05, 3.63) is 12.7 Å². The Hall–Kier alpha value is -1.43. The van der Waals surface area contributed by atoms with Gasteiger partial charge in [-0.25, -0.2) is 9.67 Å². The molecule has 1 aromatic heterocycles. The third-order valence-corrected chi connectivity index (χ3v) is 5.14. The lowest BCUT2D eigenvalue weighted by molar-refractivity contribution is -0.140. The Bertz CT molecular complexity index is 476. The molecule has 3 rings (SSSR count). The number of hydrogen-bond donors (Lipinski definition) is 1. The number of nitrogens with zero attached hydrogens (tertiary/aromatic N) is 4. The van der Waals surface area contributed by atoms with Crippen LogP contribution in [0.5, 0.6) is 0 Å². The molecule has 0 spiro atoms. The van der Waals surface area contributed by atoms with Crippen LogP contribution in [0.3, 0.4) is 0 Å². The molecule has 1 aromatic rings. The van der Waals surface area contributed by atoms with Crippen molar-refractivity contribution in [2.45, 2.75) is 57.0 Å². The second-order valence-electron chi connectivity index (χ2n) is 6.74. The fraction of sp³-hybridized carbons (Fsp3) is 0.800. The van der Waals surface area contributed by atoms with E-state index in [9.17, 15) is 4.79 Å². The first kappa shape index (κ1) is 14.5. The number of likely N-dealkylation sites (tertiary alicyclic amines) is 1. The first-order valence-corrected chi connectivity index (χ1v) is 8.00. The Morgan fingerprint density at radius 1 is 1.29 bits per heavy atom. The second-order valence-corrected chi connectivity index (χ2v) is 6.74. The number of carbonyl (C=O) groups excluding carboxylic acids is 1. The maximum absolute atomic E-state index is 12.8. The summed E-state index contributed by atoms with van der Waals surface area (Å²) in [7, 11) is 0. The summed E-state index contributed by atoms with van der Waals surface area (Å²) in [6, 6.07) is 0.368. The number of carbonyl (C=O) groups is 1. The van der Waals surface area contributed by atoms with E-state index in [2.05, 4.69) is 10.1 Å². The lowest BCUT2D eigenvalue weighted by Crippen LogP contribution is -2.54. The molecule has 6 nitrogen and oxygen atoms in total. The molecule has 6 heteroatoms. The van der Waals surface area contributed by atoms with E-state index in [-0.39, 0.29) is 17.4 Å². The van der Waals surface area contributed by atoms with Gasteiger partial charge in [-0.1, -0.05) is 12.8 Å². The number of amides is 1. The molecule has 1 aliphatic carbocycles. The topological polar surface area (TPSA) is 77.0 Å². The number of rotatable bonds is 2. The standard InChI is InChI=1S/C15H25N5O/c1-15(16)7-3-2-4-13(15)14(21)19-8-5-12(6-9-19)20-11-17-10-18-20/h10-13H,2-9,16H2,1H3. The number of hydrogen-bond acceptors (Lipinski definition) is 4. The van der Waals surface area contributed by atoms with Gasteiger partial charge in [0, 0.05) is 18.6 Å². The van der Waals surface area contributed by atoms with Gasteiger partial charge in [0.15, 0.2) is 0 Å². The molecular formula is C15H25N5O. The molecule has 0 radical (unpaired) electrons. The van der Waals surface area contributed by atoms with Gasteiger partial charge in [0.05, 0.1) is 12.0 Å². The van der Waals surface area contributed by atoms with E-state index in [1.165, 1.54) is 0 Å². The SMILES string of the molecule is CC1(N)CCCCC1C(=O)N1CCC(n2cncn2)CC1. The maximum atomic E-state index is 12.8. The van der Waals surface area contributed by atoms with Crippen LogP contribution in [0.25, 0.3) is 0 Å². The van der Waals surface area contributed by atoms with Crippen LogP contribution in [0.15, 0.2) is 12.7 Å². The van der Waals surface area contributed by atoms with Crippen molar-refractivity contribution < 1.29 is 4.79 Å². The van der Waals surface area contributed by atoms with Crippen LogP contribution in [0.4, 0.5) is 0 Å². The fourth-order valence-corrected chi connectivity index (χ4v) is 3.74. The fourth-order valence-electron chi connectivity index (χ4n) is 3.74. The Morgan fingerprint density at radius 3 is 2.67 bits per heavy atom. The number of aromatic nitrogens is 3. The highest BCUT2D eigenvalue weighted by molar-refractivity contribution is 5.80. The predicted octanol–water partition coefficient (Wildman–Crippen LogP) is 1.35. The first-order chi connectivity index (χ1) is 10.1. The molecular weight excluding hydrogens is 266 g/mol. The lowest BCUT2D eigenvalue weighted by atomic mass is 9.74. The Kier molecular flexibility index (Phi) is 3.97. The summed E-state index contributed by atoms with van der Waals surface area (Å²) in [5, 5.41) is 4.20. The second kappa shape index (κ2) is 5.75. The average molecular weight is 291 g/mol. The minimum absolute atomic E-state index is 0.00540. The summed E-state index contributed by atoms with van der Waals surface area (Å²) in [5.74, 6) is 0.255. The summed E-state index contributed by atoms with van der Waals surface area (Å²) >= 11 is 0. The Morgan fingerprint density at radius 2 is 2.05 bits per heavy atom. The van der Waals surface area contributed by atoms with Crippen LogP contribution < -0.4 is 5.73 Å². The third kappa shape index (κ3) is 2.95. The molecule has 2 unspecified atom stereocenters. The van der Waals surface area contributed by atoms with Crippen molar-refractivity contribution in [2.24, 2.45) is 11.7 Å². The van der Waals surface area contributed by atoms with Gasteiger partial charge in [-0.2, -0.15) is 5.10 Å². The van der Waals surface area contributed by atoms with Gasteiger partial charge in [-0.05, 0) is 32.6 Å². The van der Waals surface area contributed by atoms with E-state index < -0.39 is 0 Å². The highest BCUT2D eigenvalue weighted by Crippen LogP contribution is 2.34. The highest BCUT2D eigenvalue weighted by atomic mass is 16.2. The van der Waals surface area contributed by atoms with Crippen LogP contribution in [-0.2, 0) is 4.79 Å². The number of piperidine rings is 1. The van der Waals surface area contributed by atoms with Gasteiger partial charge in [-0.3, -0.25) is 4.79 Å². The molecule has 1 aliphatic heterocycles. The third-order valence-electron chi connectivity index (χ3n) is 5.14. The zero-order chi connectivity index (χ0) is 14.9. The van der Waals surface area contributed by atoms with Gasteiger partial charge >= 0.3 is 0 Å². The zero-order valence-corrected chi connectivity index (χ0v) is 12.7. The van der Waals surface area contributed by atoms with Gasteiger partial charge in [-0.15, -0.1) is 0 Å². The van der Waals surface area contributed by atoms with E-state index in [0.717, 1.165) is 51.6 Å². The normalized spacial score (nSPS) is 31.3. The molecule has 2 heterocycles. The van der Waals surface area contributed by atoms with Crippen molar-refractivity contribution in [3.8, 4) is 0 Å². The smallest absolute Gasteiger partial charge is 0.227 e. The molecule has 21 heavy (non-hydrogen) atoms. The molecule has 2 fully saturated rings. The average Bonchev–Trinajstić information content (AvgIpc) is 3.00. The molecule has 0 aromatic carbocycles. The highest BCUT2D eigenvalue weighted by Gasteiger charge is 2.40. The van der Waals surface area contributed by atoms with Crippen LogP contribution in [-0.4, -0.2) is 44.2 Å². The van der Waals surface area contributed by atoms with Crippen molar-refractivity contribution in [1.82, 2.24) is 19.7 Å². The predicted molar refractivity (Wildman–Crippen MR) is 79.4 cm³/mol. The molecule has 1 saturated carbocycles. The Balaban J connectivity index is 1.60. The van der Waals surface area contributed by atoms with Crippen molar-refractivity contribution in [1.29, 1.82) is 0 Å². The summed E-state index contributed by atoms with van der Waals surface area (Å²) in [5.41, 5.74) is 6.03. The summed E-state index contributed by atoms with van der Waals surface area (Å²) in [4.78, 5) is 18.8. The van der Waals surface area contributed by atoms with E-state index in [1.54, 1.807) is 12.7 Å². The molecule has 2 N–H and O–H groups in total. The quantitative estimate of drug-likeness (QED) is 0.892. The van der Waals surface area contributed by atoms with E-state index >= 15 is 0 Å². The van der Waals surface area contributed by atoms with Crippen molar-refractivity contribution in [3.63, 3.8) is 0 Å². The van der Waals surface area contributed by atoms with Crippen molar-refractivity contribution in [2.75, 3.05) is 13.1 Å². The first-order valence-electron chi connectivity index (χ1n) is 8.00. The monoisotopic (exact) mass is 291 g/mol. The summed E-state index contributed by atoms with van der Waals surface area (Å²) < 4.78 is 1.91. The maximum Gasteiger partial charge on any atom is 0.227 e. The minimum atomic E-state index is -0.335. The summed E-state index contributed by atoms with van der Waals surface area (Å²) in [6.07, 6.45) is 9.39. The zero-order valence-electron chi connectivity index (χ0n) is 12.7. The largest absolute Gasteiger partial charge is 0.342 e. The molecule has 1 saturated heterocycles. The molecule has 2 atom stereocenters. The Labute approximate surface area is 125 Å².